The summed E-state index contributed by atoms with van der Waals surface area (Å²) >= 11 is 0. The fourth-order valence-corrected chi connectivity index (χ4v) is 2.30. The van der Waals surface area contributed by atoms with Crippen LogP contribution in [-0.4, -0.2) is 33.8 Å². The van der Waals surface area contributed by atoms with Gasteiger partial charge in [0.1, 0.15) is 5.82 Å². The second kappa shape index (κ2) is 7.22. The van der Waals surface area contributed by atoms with E-state index in [0.29, 0.717) is 16.8 Å². The number of hydrogen-bond donors (Lipinski definition) is 1. The Labute approximate surface area is 139 Å². The van der Waals surface area contributed by atoms with Crippen molar-refractivity contribution >= 4 is 27.8 Å². The van der Waals surface area contributed by atoms with Gasteiger partial charge in [-0.25, -0.2) is 18.2 Å². The van der Waals surface area contributed by atoms with E-state index in [1.807, 2.05) is 0 Å². The topological polar surface area (TPSA) is 78.8 Å². The molecule has 0 atom stereocenters. The van der Waals surface area contributed by atoms with Crippen LogP contribution in [0.5, 0.6) is 0 Å². The third-order valence-corrected chi connectivity index (χ3v) is 4.45. The molecular formula is C16H16FN3O3S. The molecule has 24 heavy (non-hydrogen) atoms. The average Bonchev–Trinajstić information content (AvgIpc) is 2.55. The molecule has 2 aromatic rings. The lowest BCUT2D eigenvalue weighted by Crippen LogP contribution is -2.25. The lowest BCUT2D eigenvalue weighted by atomic mass is 10.2. The van der Waals surface area contributed by atoms with Crippen LogP contribution in [0.4, 0.5) is 10.1 Å². The second-order valence-electron chi connectivity index (χ2n) is 5.03. The van der Waals surface area contributed by atoms with E-state index < -0.39 is 15.9 Å². The van der Waals surface area contributed by atoms with Crippen molar-refractivity contribution < 1.29 is 17.6 Å². The predicted molar refractivity (Wildman–Crippen MR) is 91.1 cm³/mol. The minimum absolute atomic E-state index is 0.330. The maximum atomic E-state index is 12.8. The Morgan fingerprint density at radius 3 is 2.25 bits per heavy atom. The zero-order chi connectivity index (χ0) is 17.7. The Morgan fingerprint density at radius 1 is 1.12 bits per heavy atom. The van der Waals surface area contributed by atoms with Crippen LogP contribution in [-0.2, 0) is 10.0 Å². The molecule has 1 amide bonds. The predicted octanol–water partition coefficient (Wildman–Crippen LogP) is 1.99. The number of nitrogens with zero attached hydrogens (tertiary/aromatic N) is 2. The Bertz CT molecular complexity index is 847. The Morgan fingerprint density at radius 2 is 1.71 bits per heavy atom. The molecule has 1 N–H and O–H groups in total. The van der Waals surface area contributed by atoms with Gasteiger partial charge >= 0.3 is 0 Å². The van der Waals surface area contributed by atoms with Gasteiger partial charge in [0, 0.05) is 12.6 Å². The summed E-state index contributed by atoms with van der Waals surface area (Å²) < 4.78 is 36.8. The van der Waals surface area contributed by atoms with E-state index in [1.165, 1.54) is 61.8 Å². The quantitative estimate of drug-likeness (QED) is 0.662. The van der Waals surface area contributed by atoms with Crippen LogP contribution in [0, 0.1) is 5.82 Å². The molecule has 0 bridgehead atoms. The van der Waals surface area contributed by atoms with Gasteiger partial charge in [0.2, 0.25) is 10.0 Å². The molecular weight excluding hydrogens is 333 g/mol. The molecule has 6 nitrogen and oxygen atoms in total. The van der Waals surface area contributed by atoms with Crippen molar-refractivity contribution in [2.24, 2.45) is 5.10 Å². The molecule has 0 aliphatic heterocycles. The number of amides is 1. The van der Waals surface area contributed by atoms with E-state index in [1.54, 1.807) is 0 Å². The molecule has 0 saturated heterocycles. The highest BCUT2D eigenvalue weighted by Gasteiger charge is 2.12. The summed E-state index contributed by atoms with van der Waals surface area (Å²) in [5.74, 6) is -0.794. The highest BCUT2D eigenvalue weighted by Crippen LogP contribution is 2.16. The second-order valence-corrected chi connectivity index (χ2v) is 7.04. The first-order chi connectivity index (χ1) is 11.3. The van der Waals surface area contributed by atoms with Crippen LogP contribution in [0.15, 0.2) is 53.6 Å². The van der Waals surface area contributed by atoms with Crippen molar-refractivity contribution in [1.82, 2.24) is 5.43 Å². The fraction of sp³-hybridized carbons (Fsp3) is 0.125. The van der Waals surface area contributed by atoms with Gasteiger partial charge in [-0.15, -0.1) is 0 Å². The molecule has 126 valence electrons. The number of halogens is 1. The van der Waals surface area contributed by atoms with Crippen LogP contribution < -0.4 is 9.73 Å². The van der Waals surface area contributed by atoms with Crippen molar-refractivity contribution in [3.8, 4) is 0 Å². The van der Waals surface area contributed by atoms with Crippen molar-refractivity contribution in [2.75, 3.05) is 17.6 Å². The van der Waals surface area contributed by atoms with Crippen molar-refractivity contribution in [2.45, 2.75) is 0 Å². The number of carbonyl (C=O) groups is 1. The van der Waals surface area contributed by atoms with Gasteiger partial charge in [0.15, 0.2) is 0 Å². The van der Waals surface area contributed by atoms with Gasteiger partial charge in [-0.05, 0) is 42.0 Å². The van der Waals surface area contributed by atoms with E-state index >= 15 is 0 Å². The maximum Gasteiger partial charge on any atom is 0.271 e. The number of nitrogens with one attached hydrogen (secondary N) is 1. The third kappa shape index (κ3) is 4.63. The monoisotopic (exact) mass is 349 g/mol. The maximum absolute atomic E-state index is 12.8. The van der Waals surface area contributed by atoms with E-state index in [2.05, 4.69) is 10.5 Å². The number of carbonyl (C=O) groups excluding carboxylic acids is 1. The highest BCUT2D eigenvalue weighted by atomic mass is 32.2. The van der Waals surface area contributed by atoms with Gasteiger partial charge in [0.25, 0.3) is 5.91 Å². The van der Waals surface area contributed by atoms with Gasteiger partial charge in [-0.2, -0.15) is 5.10 Å². The highest BCUT2D eigenvalue weighted by molar-refractivity contribution is 7.92. The lowest BCUT2D eigenvalue weighted by molar-refractivity contribution is 0.0955. The first-order valence-electron chi connectivity index (χ1n) is 6.90. The van der Waals surface area contributed by atoms with E-state index in [9.17, 15) is 17.6 Å². The van der Waals surface area contributed by atoms with Gasteiger partial charge in [-0.3, -0.25) is 9.10 Å². The largest absolute Gasteiger partial charge is 0.274 e. The average molecular weight is 349 g/mol. The zero-order valence-electron chi connectivity index (χ0n) is 13.1. The SMILES string of the molecule is CN(c1ccc(C(=O)N/N=C\c2ccc(F)cc2)cc1)S(C)(=O)=O. The summed E-state index contributed by atoms with van der Waals surface area (Å²) in [6.45, 7) is 0. The number of hydrogen-bond acceptors (Lipinski definition) is 4. The Kier molecular flexibility index (Phi) is 5.30. The molecule has 0 aliphatic rings. The molecule has 0 heterocycles. The van der Waals surface area contributed by atoms with Crippen LogP contribution >= 0.6 is 0 Å². The summed E-state index contributed by atoms with van der Waals surface area (Å²) in [7, 11) is -1.93. The normalized spacial score (nSPS) is 11.5. The summed E-state index contributed by atoms with van der Waals surface area (Å²) in [5, 5.41) is 3.79. The standard InChI is InChI=1S/C16H16FN3O3S/c1-20(24(2,22)23)15-9-5-13(6-10-15)16(21)19-18-11-12-3-7-14(17)8-4-12/h3-11H,1-2H3,(H,19,21)/b18-11-. The molecule has 0 aliphatic carbocycles. The van der Waals surface area contributed by atoms with Crippen molar-refractivity contribution in [3.05, 3.63) is 65.5 Å². The van der Waals surface area contributed by atoms with E-state index in [-0.39, 0.29) is 5.82 Å². The van der Waals surface area contributed by atoms with Gasteiger partial charge in [-0.1, -0.05) is 12.1 Å². The number of rotatable bonds is 5. The molecule has 0 spiro atoms. The smallest absolute Gasteiger partial charge is 0.271 e. The van der Waals surface area contributed by atoms with Crippen LogP contribution in [0.1, 0.15) is 15.9 Å². The number of benzene rings is 2. The van der Waals surface area contributed by atoms with Crippen molar-refractivity contribution in [1.29, 1.82) is 0 Å². The van der Waals surface area contributed by atoms with Crippen molar-refractivity contribution in [3.63, 3.8) is 0 Å². The molecule has 0 radical (unpaired) electrons. The minimum Gasteiger partial charge on any atom is -0.274 e. The summed E-state index contributed by atoms with van der Waals surface area (Å²) in [4.78, 5) is 12.0. The van der Waals surface area contributed by atoms with Gasteiger partial charge < -0.3 is 0 Å². The van der Waals surface area contributed by atoms with E-state index in [0.717, 1.165) is 10.6 Å². The number of hydrazone groups is 1. The molecule has 0 fully saturated rings. The number of sulfonamides is 1. The first kappa shape index (κ1) is 17.6. The number of anilines is 1. The lowest BCUT2D eigenvalue weighted by Gasteiger charge is -2.16. The molecule has 0 aromatic heterocycles. The van der Waals surface area contributed by atoms with E-state index in [4.69, 9.17) is 0 Å². The summed E-state index contributed by atoms with van der Waals surface area (Å²) in [6, 6.07) is 11.7. The van der Waals surface area contributed by atoms with Gasteiger partial charge in [0.05, 0.1) is 18.2 Å². The summed E-state index contributed by atoms with van der Waals surface area (Å²) in [5.41, 5.74) is 3.76. The van der Waals surface area contributed by atoms with Crippen LogP contribution in [0.2, 0.25) is 0 Å². The first-order valence-corrected chi connectivity index (χ1v) is 8.75. The summed E-state index contributed by atoms with van der Waals surface area (Å²) in [6.07, 6.45) is 2.49. The minimum atomic E-state index is -3.35. The molecule has 2 aromatic carbocycles. The molecule has 8 heteroatoms. The fourth-order valence-electron chi connectivity index (χ4n) is 1.79. The molecule has 0 saturated carbocycles. The Hall–Kier alpha value is -2.74. The third-order valence-electron chi connectivity index (χ3n) is 3.24. The molecule has 2 rings (SSSR count). The zero-order valence-corrected chi connectivity index (χ0v) is 13.9. The Balaban J connectivity index is 2.01. The van der Waals surface area contributed by atoms with Crippen LogP contribution in [0.3, 0.4) is 0 Å². The van der Waals surface area contributed by atoms with Crippen LogP contribution in [0.25, 0.3) is 0 Å². The molecule has 0 unspecified atom stereocenters.